The van der Waals surface area contributed by atoms with Gasteiger partial charge in [-0.2, -0.15) is 0 Å². The number of hydrogen-bond acceptors (Lipinski definition) is 3. The van der Waals surface area contributed by atoms with Crippen LogP contribution in [0.5, 0.6) is 0 Å². The van der Waals surface area contributed by atoms with Crippen LogP contribution in [0.1, 0.15) is 30.1 Å². The molecule has 3 nitrogen and oxygen atoms in total. The van der Waals surface area contributed by atoms with Gasteiger partial charge in [-0.3, -0.25) is 4.79 Å². The highest BCUT2D eigenvalue weighted by Gasteiger charge is 2.26. The SMILES string of the molecule is CC(=O)c1ccc(N2CCCC2CO)c(F)c1. The third kappa shape index (κ3) is 2.31. The number of nitrogens with zero attached hydrogens (tertiary/aromatic N) is 1. The van der Waals surface area contributed by atoms with E-state index in [0.29, 0.717) is 11.3 Å². The van der Waals surface area contributed by atoms with Crippen molar-refractivity contribution in [1.82, 2.24) is 0 Å². The van der Waals surface area contributed by atoms with E-state index in [1.165, 1.54) is 13.0 Å². The van der Waals surface area contributed by atoms with E-state index in [2.05, 4.69) is 0 Å². The first-order valence-electron chi connectivity index (χ1n) is 5.81. The number of ketones is 1. The summed E-state index contributed by atoms with van der Waals surface area (Å²) in [6, 6.07) is 4.52. The summed E-state index contributed by atoms with van der Waals surface area (Å²) < 4.78 is 13.9. The number of aliphatic hydroxyl groups is 1. The number of Topliss-reactive ketones (excluding diaryl/α,β-unsaturated/α-hetero) is 1. The molecule has 0 bridgehead atoms. The molecule has 1 N–H and O–H groups in total. The zero-order valence-corrected chi connectivity index (χ0v) is 9.82. The number of anilines is 1. The Balaban J connectivity index is 2.30. The first kappa shape index (κ1) is 12.0. The first-order valence-corrected chi connectivity index (χ1v) is 5.81. The molecule has 1 fully saturated rings. The fourth-order valence-electron chi connectivity index (χ4n) is 2.30. The van der Waals surface area contributed by atoms with Gasteiger partial charge in [0.2, 0.25) is 0 Å². The highest BCUT2D eigenvalue weighted by atomic mass is 19.1. The van der Waals surface area contributed by atoms with Crippen LogP contribution in [0.2, 0.25) is 0 Å². The van der Waals surface area contributed by atoms with E-state index in [1.54, 1.807) is 12.1 Å². The summed E-state index contributed by atoms with van der Waals surface area (Å²) in [7, 11) is 0. The Morgan fingerprint density at radius 3 is 2.94 bits per heavy atom. The van der Waals surface area contributed by atoms with E-state index in [4.69, 9.17) is 0 Å². The van der Waals surface area contributed by atoms with Crippen LogP contribution in [-0.4, -0.2) is 30.1 Å². The molecule has 0 radical (unpaired) electrons. The molecule has 1 aliphatic heterocycles. The molecular weight excluding hydrogens is 221 g/mol. The smallest absolute Gasteiger partial charge is 0.159 e. The lowest BCUT2D eigenvalue weighted by Gasteiger charge is -2.25. The van der Waals surface area contributed by atoms with Crippen molar-refractivity contribution in [2.24, 2.45) is 0 Å². The van der Waals surface area contributed by atoms with Crippen LogP contribution in [0.25, 0.3) is 0 Å². The fourth-order valence-corrected chi connectivity index (χ4v) is 2.30. The molecule has 1 unspecified atom stereocenters. The van der Waals surface area contributed by atoms with Crippen LogP contribution in [0.15, 0.2) is 18.2 Å². The second-order valence-corrected chi connectivity index (χ2v) is 4.39. The normalized spacial score (nSPS) is 19.7. The molecule has 1 atom stereocenters. The molecule has 0 amide bonds. The third-order valence-corrected chi connectivity index (χ3v) is 3.25. The molecule has 1 heterocycles. The average Bonchev–Trinajstić information content (AvgIpc) is 2.76. The van der Waals surface area contributed by atoms with Crippen molar-refractivity contribution in [3.8, 4) is 0 Å². The Morgan fingerprint density at radius 1 is 1.59 bits per heavy atom. The lowest BCUT2D eigenvalue weighted by molar-refractivity contribution is 0.101. The molecule has 0 spiro atoms. The van der Waals surface area contributed by atoms with Crippen molar-refractivity contribution in [3.05, 3.63) is 29.6 Å². The standard InChI is InChI=1S/C13H16FNO2/c1-9(17)10-4-5-13(12(14)7-10)15-6-2-3-11(15)8-16/h4-5,7,11,16H,2-3,6,8H2,1H3. The van der Waals surface area contributed by atoms with Gasteiger partial charge in [0.05, 0.1) is 18.3 Å². The fraction of sp³-hybridized carbons (Fsp3) is 0.462. The average molecular weight is 237 g/mol. The van der Waals surface area contributed by atoms with Gasteiger partial charge in [0.1, 0.15) is 5.82 Å². The summed E-state index contributed by atoms with van der Waals surface area (Å²) in [6.07, 6.45) is 1.84. The molecule has 0 aliphatic carbocycles. The topological polar surface area (TPSA) is 40.5 Å². The minimum absolute atomic E-state index is 0.00678. The first-order chi connectivity index (χ1) is 8.13. The largest absolute Gasteiger partial charge is 0.394 e. The van der Waals surface area contributed by atoms with E-state index in [-0.39, 0.29) is 18.4 Å². The Morgan fingerprint density at radius 2 is 2.35 bits per heavy atom. The van der Waals surface area contributed by atoms with Gasteiger partial charge in [0.25, 0.3) is 0 Å². The number of benzene rings is 1. The van der Waals surface area contributed by atoms with Gasteiger partial charge < -0.3 is 10.0 Å². The van der Waals surface area contributed by atoms with Crippen molar-refractivity contribution in [2.75, 3.05) is 18.1 Å². The van der Waals surface area contributed by atoms with E-state index >= 15 is 0 Å². The number of rotatable bonds is 3. The van der Waals surface area contributed by atoms with Crippen molar-refractivity contribution in [1.29, 1.82) is 0 Å². The number of carbonyl (C=O) groups is 1. The Kier molecular flexibility index (Phi) is 3.43. The molecule has 0 aromatic heterocycles. The van der Waals surface area contributed by atoms with Crippen LogP contribution in [0.3, 0.4) is 0 Å². The number of halogens is 1. The summed E-state index contributed by atoms with van der Waals surface area (Å²) in [5, 5.41) is 9.21. The van der Waals surface area contributed by atoms with Crippen LogP contribution in [0, 0.1) is 5.82 Å². The maximum Gasteiger partial charge on any atom is 0.159 e. The summed E-state index contributed by atoms with van der Waals surface area (Å²) in [5.41, 5.74) is 0.859. The van der Waals surface area contributed by atoms with Gasteiger partial charge in [0.15, 0.2) is 5.78 Å². The van der Waals surface area contributed by atoms with E-state index in [0.717, 1.165) is 19.4 Å². The van der Waals surface area contributed by atoms with Crippen LogP contribution in [0.4, 0.5) is 10.1 Å². The van der Waals surface area contributed by atoms with Crippen LogP contribution >= 0.6 is 0 Å². The summed E-state index contributed by atoms with van der Waals surface area (Å²) in [5.74, 6) is -0.534. The summed E-state index contributed by atoms with van der Waals surface area (Å²) in [6.45, 7) is 2.20. The molecule has 1 aliphatic rings. The maximum absolute atomic E-state index is 13.9. The number of carbonyl (C=O) groups excluding carboxylic acids is 1. The van der Waals surface area contributed by atoms with Crippen molar-refractivity contribution < 1.29 is 14.3 Å². The maximum atomic E-state index is 13.9. The van der Waals surface area contributed by atoms with Gasteiger partial charge in [0, 0.05) is 12.1 Å². The third-order valence-electron chi connectivity index (χ3n) is 3.25. The van der Waals surface area contributed by atoms with Crippen molar-refractivity contribution in [3.63, 3.8) is 0 Å². The molecule has 1 saturated heterocycles. The Labute approximate surface area is 99.9 Å². The van der Waals surface area contributed by atoms with E-state index in [9.17, 15) is 14.3 Å². The molecule has 4 heteroatoms. The summed E-state index contributed by atoms with van der Waals surface area (Å²) in [4.78, 5) is 13.0. The zero-order valence-electron chi connectivity index (χ0n) is 9.82. The van der Waals surface area contributed by atoms with Gasteiger partial charge in [-0.05, 0) is 38.0 Å². The second-order valence-electron chi connectivity index (χ2n) is 4.39. The van der Waals surface area contributed by atoms with Gasteiger partial charge >= 0.3 is 0 Å². The zero-order chi connectivity index (χ0) is 12.4. The predicted molar refractivity (Wildman–Crippen MR) is 63.9 cm³/mol. The molecule has 92 valence electrons. The van der Waals surface area contributed by atoms with Crippen molar-refractivity contribution in [2.45, 2.75) is 25.8 Å². The molecule has 1 aromatic carbocycles. The van der Waals surface area contributed by atoms with E-state index < -0.39 is 5.82 Å². The predicted octanol–water partition coefficient (Wildman–Crippen LogP) is 1.99. The van der Waals surface area contributed by atoms with Gasteiger partial charge in [-0.15, -0.1) is 0 Å². The van der Waals surface area contributed by atoms with Gasteiger partial charge in [-0.25, -0.2) is 4.39 Å². The lowest BCUT2D eigenvalue weighted by Crippen LogP contribution is -2.32. The molecule has 0 saturated carbocycles. The van der Waals surface area contributed by atoms with Crippen LogP contribution < -0.4 is 4.90 Å². The molecule has 1 aromatic rings. The highest BCUT2D eigenvalue weighted by Crippen LogP contribution is 2.28. The summed E-state index contributed by atoms with van der Waals surface area (Å²) >= 11 is 0. The highest BCUT2D eigenvalue weighted by molar-refractivity contribution is 5.94. The van der Waals surface area contributed by atoms with Gasteiger partial charge in [-0.1, -0.05) is 0 Å². The van der Waals surface area contributed by atoms with Crippen molar-refractivity contribution >= 4 is 11.5 Å². The number of hydrogen-bond donors (Lipinski definition) is 1. The molecule has 2 rings (SSSR count). The molecule has 17 heavy (non-hydrogen) atoms. The molecular formula is C13H16FNO2. The Bertz CT molecular complexity index is 433. The second kappa shape index (κ2) is 4.84. The van der Waals surface area contributed by atoms with E-state index in [1.807, 2.05) is 4.90 Å². The minimum Gasteiger partial charge on any atom is -0.394 e. The minimum atomic E-state index is -0.391. The monoisotopic (exact) mass is 237 g/mol. The quantitative estimate of drug-likeness (QED) is 0.817. The lowest BCUT2D eigenvalue weighted by atomic mass is 10.1. The Hall–Kier alpha value is -1.42. The number of aliphatic hydroxyl groups excluding tert-OH is 1. The van der Waals surface area contributed by atoms with Crippen LogP contribution in [-0.2, 0) is 0 Å².